The van der Waals surface area contributed by atoms with E-state index < -0.39 is 0 Å². The summed E-state index contributed by atoms with van der Waals surface area (Å²) >= 11 is 0. The second kappa shape index (κ2) is 6.58. The molecule has 3 heteroatoms. The third-order valence-electron chi connectivity index (χ3n) is 3.91. The average molecular weight is 229 g/mol. The Hall–Kier alpha value is -0.120. The van der Waals surface area contributed by atoms with E-state index in [1.54, 1.807) is 7.11 Å². The fourth-order valence-corrected chi connectivity index (χ4v) is 2.49. The Balaban J connectivity index is 2.30. The zero-order valence-corrected chi connectivity index (χ0v) is 11.0. The van der Waals surface area contributed by atoms with Gasteiger partial charge >= 0.3 is 0 Å². The van der Waals surface area contributed by atoms with E-state index in [2.05, 4.69) is 19.2 Å². The predicted molar refractivity (Wildman–Crippen MR) is 66.6 cm³/mol. The van der Waals surface area contributed by atoms with E-state index in [0.29, 0.717) is 12.1 Å². The summed E-state index contributed by atoms with van der Waals surface area (Å²) in [6, 6.07) is 1.02. The second-order valence-corrected chi connectivity index (χ2v) is 5.08. The molecule has 1 aliphatic rings. The fraction of sp³-hybridized carbons (Fsp3) is 1.00. The minimum atomic E-state index is -0.388. The first-order valence-electron chi connectivity index (χ1n) is 6.61. The van der Waals surface area contributed by atoms with Crippen molar-refractivity contribution in [3.8, 4) is 0 Å². The first-order valence-corrected chi connectivity index (χ1v) is 6.61. The highest BCUT2D eigenvalue weighted by molar-refractivity contribution is 4.88. The predicted octanol–water partition coefficient (Wildman–Crippen LogP) is 2.08. The highest BCUT2D eigenvalue weighted by atomic mass is 16.5. The Morgan fingerprint density at radius 3 is 2.44 bits per heavy atom. The Kier molecular flexibility index (Phi) is 5.73. The highest BCUT2D eigenvalue weighted by Crippen LogP contribution is 2.31. The average Bonchev–Trinajstić information content (AvgIpc) is 2.31. The molecule has 0 amide bonds. The van der Waals surface area contributed by atoms with Crippen molar-refractivity contribution < 1.29 is 9.84 Å². The van der Waals surface area contributed by atoms with Gasteiger partial charge in [-0.25, -0.2) is 0 Å². The molecule has 0 aromatic rings. The molecule has 0 spiro atoms. The van der Waals surface area contributed by atoms with Crippen LogP contribution >= 0.6 is 0 Å². The number of hydrogen-bond acceptors (Lipinski definition) is 3. The Labute approximate surface area is 99.6 Å². The molecule has 0 bridgehead atoms. The molecule has 1 unspecified atom stereocenters. The monoisotopic (exact) mass is 229 g/mol. The Bertz CT molecular complexity index is 188. The van der Waals surface area contributed by atoms with Gasteiger partial charge in [-0.15, -0.1) is 0 Å². The van der Waals surface area contributed by atoms with Gasteiger partial charge in [-0.3, -0.25) is 0 Å². The van der Waals surface area contributed by atoms with E-state index in [1.165, 1.54) is 0 Å². The maximum atomic E-state index is 10.1. The molecule has 0 radical (unpaired) electrons. The normalized spacial score (nSPS) is 32.6. The van der Waals surface area contributed by atoms with Gasteiger partial charge in [-0.1, -0.05) is 13.8 Å². The van der Waals surface area contributed by atoms with E-state index in [0.717, 1.165) is 45.1 Å². The van der Waals surface area contributed by atoms with Gasteiger partial charge in [0.05, 0.1) is 12.2 Å². The zero-order chi connectivity index (χ0) is 12.0. The van der Waals surface area contributed by atoms with Crippen LogP contribution in [0.15, 0.2) is 0 Å². The van der Waals surface area contributed by atoms with Gasteiger partial charge in [0.25, 0.3) is 0 Å². The topological polar surface area (TPSA) is 41.5 Å². The zero-order valence-electron chi connectivity index (χ0n) is 11.0. The van der Waals surface area contributed by atoms with Crippen molar-refractivity contribution in [2.45, 2.75) is 70.1 Å². The number of nitrogens with one attached hydrogen (secondary N) is 1. The number of aliphatic hydroxyl groups is 1. The van der Waals surface area contributed by atoms with Gasteiger partial charge in [0.2, 0.25) is 0 Å². The lowest BCUT2D eigenvalue weighted by molar-refractivity contribution is -0.00885. The SMILES string of the molecule is CCC(COC)NC1CCC(O)(CC)CC1. The number of rotatable bonds is 6. The third kappa shape index (κ3) is 4.04. The van der Waals surface area contributed by atoms with Crippen LogP contribution in [-0.2, 0) is 4.74 Å². The molecule has 0 aliphatic heterocycles. The minimum Gasteiger partial charge on any atom is -0.390 e. The van der Waals surface area contributed by atoms with E-state index >= 15 is 0 Å². The molecular formula is C13H27NO2. The summed E-state index contributed by atoms with van der Waals surface area (Å²) in [5.74, 6) is 0. The second-order valence-electron chi connectivity index (χ2n) is 5.08. The summed E-state index contributed by atoms with van der Waals surface area (Å²) in [6.07, 6.45) is 6.03. The smallest absolute Gasteiger partial charge is 0.0646 e. The number of methoxy groups -OCH3 is 1. The lowest BCUT2D eigenvalue weighted by atomic mass is 9.80. The van der Waals surface area contributed by atoms with E-state index in [-0.39, 0.29) is 5.60 Å². The lowest BCUT2D eigenvalue weighted by Gasteiger charge is -2.37. The van der Waals surface area contributed by atoms with Gasteiger partial charge in [0.1, 0.15) is 0 Å². The summed E-state index contributed by atoms with van der Waals surface area (Å²) in [7, 11) is 1.75. The van der Waals surface area contributed by atoms with Gasteiger partial charge < -0.3 is 15.2 Å². The van der Waals surface area contributed by atoms with Crippen molar-refractivity contribution in [2.75, 3.05) is 13.7 Å². The largest absolute Gasteiger partial charge is 0.390 e. The van der Waals surface area contributed by atoms with Crippen LogP contribution in [0.5, 0.6) is 0 Å². The summed E-state index contributed by atoms with van der Waals surface area (Å²) in [6.45, 7) is 5.04. The minimum absolute atomic E-state index is 0.388. The summed E-state index contributed by atoms with van der Waals surface area (Å²) in [4.78, 5) is 0. The van der Waals surface area contributed by atoms with E-state index in [4.69, 9.17) is 4.74 Å². The molecule has 1 aliphatic carbocycles. The molecular weight excluding hydrogens is 202 g/mol. The highest BCUT2D eigenvalue weighted by Gasteiger charge is 2.31. The number of hydrogen-bond donors (Lipinski definition) is 2. The van der Waals surface area contributed by atoms with Gasteiger partial charge in [0, 0.05) is 19.2 Å². The fourth-order valence-electron chi connectivity index (χ4n) is 2.49. The molecule has 0 aromatic heterocycles. The summed E-state index contributed by atoms with van der Waals surface area (Å²) in [5, 5.41) is 13.8. The molecule has 1 saturated carbocycles. The van der Waals surface area contributed by atoms with E-state index in [9.17, 15) is 5.11 Å². The van der Waals surface area contributed by atoms with Crippen molar-refractivity contribution in [2.24, 2.45) is 0 Å². The van der Waals surface area contributed by atoms with Gasteiger partial charge in [-0.2, -0.15) is 0 Å². The van der Waals surface area contributed by atoms with Crippen LogP contribution in [0.2, 0.25) is 0 Å². The quantitative estimate of drug-likeness (QED) is 0.733. The lowest BCUT2D eigenvalue weighted by Crippen LogP contribution is -2.46. The van der Waals surface area contributed by atoms with Crippen LogP contribution in [0.1, 0.15) is 52.4 Å². The summed E-state index contributed by atoms with van der Waals surface area (Å²) in [5.41, 5.74) is -0.388. The number of ether oxygens (including phenoxy) is 1. The third-order valence-corrected chi connectivity index (χ3v) is 3.91. The van der Waals surface area contributed by atoms with Gasteiger partial charge in [0.15, 0.2) is 0 Å². The van der Waals surface area contributed by atoms with Crippen LogP contribution in [0, 0.1) is 0 Å². The van der Waals surface area contributed by atoms with Crippen LogP contribution in [0.4, 0.5) is 0 Å². The molecule has 3 nitrogen and oxygen atoms in total. The van der Waals surface area contributed by atoms with Crippen LogP contribution in [-0.4, -0.2) is 36.5 Å². The van der Waals surface area contributed by atoms with Gasteiger partial charge in [-0.05, 0) is 38.5 Å². The van der Waals surface area contributed by atoms with Crippen molar-refractivity contribution in [3.63, 3.8) is 0 Å². The molecule has 96 valence electrons. The Morgan fingerprint density at radius 2 is 2.00 bits per heavy atom. The van der Waals surface area contributed by atoms with Crippen molar-refractivity contribution in [1.82, 2.24) is 5.32 Å². The van der Waals surface area contributed by atoms with Crippen LogP contribution in [0.25, 0.3) is 0 Å². The first-order chi connectivity index (χ1) is 7.63. The van der Waals surface area contributed by atoms with Crippen LogP contribution < -0.4 is 5.32 Å². The van der Waals surface area contributed by atoms with E-state index in [1.807, 2.05) is 0 Å². The molecule has 1 atom stereocenters. The molecule has 0 saturated heterocycles. The standard InChI is InChI=1S/C13H27NO2/c1-4-11(10-16-3)14-12-6-8-13(15,5-2)9-7-12/h11-12,14-15H,4-10H2,1-3H3. The molecule has 0 aromatic carbocycles. The Morgan fingerprint density at radius 1 is 1.38 bits per heavy atom. The maximum Gasteiger partial charge on any atom is 0.0646 e. The van der Waals surface area contributed by atoms with Crippen molar-refractivity contribution >= 4 is 0 Å². The molecule has 2 N–H and O–H groups in total. The maximum absolute atomic E-state index is 10.1. The first kappa shape index (κ1) is 13.9. The molecule has 0 heterocycles. The van der Waals surface area contributed by atoms with Crippen molar-refractivity contribution in [3.05, 3.63) is 0 Å². The van der Waals surface area contributed by atoms with Crippen LogP contribution in [0.3, 0.4) is 0 Å². The molecule has 1 rings (SSSR count). The summed E-state index contributed by atoms with van der Waals surface area (Å²) < 4.78 is 5.19. The van der Waals surface area contributed by atoms with Crippen molar-refractivity contribution in [1.29, 1.82) is 0 Å². The molecule has 16 heavy (non-hydrogen) atoms. The molecule has 1 fully saturated rings.